The van der Waals surface area contributed by atoms with Crippen LogP contribution in [0.2, 0.25) is 0 Å². The van der Waals surface area contributed by atoms with Gasteiger partial charge >= 0.3 is 0 Å². The first-order valence-electron chi connectivity index (χ1n) is 11.7. The van der Waals surface area contributed by atoms with Crippen LogP contribution in [0.25, 0.3) is 6.08 Å². The highest BCUT2D eigenvalue weighted by Crippen LogP contribution is 2.29. The highest BCUT2D eigenvalue weighted by Gasteiger charge is 2.39. The second-order valence-corrected chi connectivity index (χ2v) is 11.4. The van der Waals surface area contributed by atoms with E-state index in [4.69, 9.17) is 0 Å². The lowest BCUT2D eigenvalue weighted by molar-refractivity contribution is -0.137. The molecule has 1 aliphatic carbocycles. The first-order valence-corrected chi connectivity index (χ1v) is 13.5. The number of sulfone groups is 1. The fourth-order valence-electron chi connectivity index (χ4n) is 5.19. The van der Waals surface area contributed by atoms with Crippen LogP contribution in [0.5, 0.6) is 0 Å². The molecule has 1 saturated carbocycles. The van der Waals surface area contributed by atoms with Crippen molar-refractivity contribution in [1.82, 2.24) is 14.7 Å². The van der Waals surface area contributed by atoms with E-state index in [9.17, 15) is 13.2 Å². The molecule has 3 fully saturated rings. The molecule has 2 heterocycles. The van der Waals surface area contributed by atoms with E-state index >= 15 is 0 Å². The third-order valence-corrected chi connectivity index (χ3v) is 8.66. The quantitative estimate of drug-likeness (QED) is 0.644. The van der Waals surface area contributed by atoms with Crippen molar-refractivity contribution in [2.45, 2.75) is 44.2 Å². The summed E-state index contributed by atoms with van der Waals surface area (Å²) in [6, 6.07) is 10.4. The van der Waals surface area contributed by atoms with E-state index in [1.807, 2.05) is 23.1 Å². The molecule has 31 heavy (non-hydrogen) atoms. The average molecular weight is 446 g/mol. The molecule has 1 amide bonds. The molecule has 6 nitrogen and oxygen atoms in total. The molecule has 1 aromatic rings. The molecule has 0 aromatic heterocycles. The van der Waals surface area contributed by atoms with E-state index in [1.54, 1.807) is 0 Å². The maximum absolute atomic E-state index is 13.3. The number of hydrogen-bond acceptors (Lipinski definition) is 5. The smallest absolute Gasteiger partial charge is 0.237 e. The third kappa shape index (κ3) is 6.18. The summed E-state index contributed by atoms with van der Waals surface area (Å²) in [5.74, 6) is 0.506. The van der Waals surface area contributed by atoms with E-state index in [0.29, 0.717) is 13.0 Å². The molecule has 0 radical (unpaired) electrons. The predicted molar refractivity (Wildman–Crippen MR) is 125 cm³/mol. The van der Waals surface area contributed by atoms with Gasteiger partial charge in [-0.3, -0.25) is 14.6 Å². The van der Waals surface area contributed by atoms with Gasteiger partial charge in [0, 0.05) is 44.8 Å². The van der Waals surface area contributed by atoms with Gasteiger partial charge in [0.15, 0.2) is 9.84 Å². The highest BCUT2D eigenvalue weighted by molar-refractivity contribution is 7.91. The second-order valence-electron chi connectivity index (χ2n) is 9.19. The summed E-state index contributed by atoms with van der Waals surface area (Å²) in [5, 5.41) is 0. The van der Waals surface area contributed by atoms with Gasteiger partial charge < -0.3 is 4.90 Å². The number of benzene rings is 1. The van der Waals surface area contributed by atoms with Crippen molar-refractivity contribution in [2.75, 3.05) is 50.8 Å². The molecule has 4 rings (SSSR count). The Hall–Kier alpha value is -1.70. The fraction of sp³-hybridized carbons (Fsp3) is 0.625. The monoisotopic (exact) mass is 445 g/mol. The van der Waals surface area contributed by atoms with Gasteiger partial charge in [0.05, 0.1) is 18.1 Å². The Bertz CT molecular complexity index is 857. The number of rotatable bonds is 7. The van der Waals surface area contributed by atoms with Gasteiger partial charge in [-0.05, 0) is 24.8 Å². The Morgan fingerprint density at radius 2 is 1.65 bits per heavy atom. The Labute approximate surface area is 186 Å². The first kappa shape index (κ1) is 22.5. The molecule has 3 aliphatic rings. The number of hydrogen-bond donors (Lipinski definition) is 0. The summed E-state index contributed by atoms with van der Waals surface area (Å²) in [5.41, 5.74) is 1.22. The lowest BCUT2D eigenvalue weighted by atomic mass is 10.1. The summed E-state index contributed by atoms with van der Waals surface area (Å²) in [7, 11) is -2.99. The zero-order valence-electron chi connectivity index (χ0n) is 18.4. The molecule has 170 valence electrons. The van der Waals surface area contributed by atoms with Crippen LogP contribution in [0.15, 0.2) is 36.4 Å². The minimum Gasteiger partial charge on any atom is -0.335 e. The molecule has 1 aromatic carbocycles. The van der Waals surface area contributed by atoms with Crippen LogP contribution in [0, 0.1) is 0 Å². The molecule has 2 saturated heterocycles. The molecular weight excluding hydrogens is 410 g/mol. The number of nitrogens with zero attached hydrogens (tertiary/aromatic N) is 3. The van der Waals surface area contributed by atoms with E-state index in [-0.39, 0.29) is 29.5 Å². The van der Waals surface area contributed by atoms with Crippen molar-refractivity contribution in [3.63, 3.8) is 0 Å². The topological polar surface area (TPSA) is 60.9 Å². The Morgan fingerprint density at radius 3 is 2.29 bits per heavy atom. The van der Waals surface area contributed by atoms with Gasteiger partial charge in [-0.1, -0.05) is 55.3 Å². The zero-order chi connectivity index (χ0) is 21.7. The Kier molecular flexibility index (Phi) is 7.46. The van der Waals surface area contributed by atoms with Gasteiger partial charge in [-0.25, -0.2) is 8.42 Å². The lowest BCUT2D eigenvalue weighted by Crippen LogP contribution is -2.53. The van der Waals surface area contributed by atoms with Crippen molar-refractivity contribution in [2.24, 2.45) is 0 Å². The number of amides is 1. The number of carbonyl (C=O) groups excluding carboxylic acids is 1. The third-order valence-electron chi connectivity index (χ3n) is 6.91. The summed E-state index contributed by atoms with van der Waals surface area (Å²) >= 11 is 0. The Balaban J connectivity index is 1.27. The van der Waals surface area contributed by atoms with Crippen LogP contribution >= 0.6 is 0 Å². The average Bonchev–Trinajstić information content (AvgIpc) is 3.40. The van der Waals surface area contributed by atoms with Crippen molar-refractivity contribution in [1.29, 1.82) is 0 Å². The zero-order valence-corrected chi connectivity index (χ0v) is 19.2. The van der Waals surface area contributed by atoms with Gasteiger partial charge in [0.25, 0.3) is 0 Å². The number of piperazine rings is 1. The maximum atomic E-state index is 13.3. The summed E-state index contributed by atoms with van der Waals surface area (Å²) in [4.78, 5) is 19.9. The summed E-state index contributed by atoms with van der Waals surface area (Å²) in [6.07, 6.45) is 9.29. The molecule has 0 bridgehead atoms. The highest BCUT2D eigenvalue weighted by atomic mass is 32.2. The Morgan fingerprint density at radius 1 is 0.968 bits per heavy atom. The van der Waals surface area contributed by atoms with Crippen LogP contribution in [0.3, 0.4) is 0 Å². The molecule has 2 aliphatic heterocycles. The van der Waals surface area contributed by atoms with Gasteiger partial charge in [-0.2, -0.15) is 0 Å². The van der Waals surface area contributed by atoms with Crippen LogP contribution < -0.4 is 0 Å². The van der Waals surface area contributed by atoms with Gasteiger partial charge in [0.2, 0.25) is 5.91 Å². The molecule has 0 spiro atoms. The molecule has 7 heteroatoms. The summed E-state index contributed by atoms with van der Waals surface area (Å²) < 4.78 is 24.1. The van der Waals surface area contributed by atoms with Crippen LogP contribution in [-0.2, 0) is 14.6 Å². The van der Waals surface area contributed by atoms with Crippen molar-refractivity contribution in [3.05, 3.63) is 42.0 Å². The minimum absolute atomic E-state index is 0.120. The largest absolute Gasteiger partial charge is 0.335 e. The molecule has 1 atom stereocenters. The number of carbonyl (C=O) groups is 1. The van der Waals surface area contributed by atoms with Crippen LogP contribution in [0.1, 0.15) is 37.7 Å². The van der Waals surface area contributed by atoms with Crippen LogP contribution in [-0.4, -0.2) is 91.9 Å². The fourth-order valence-corrected chi connectivity index (χ4v) is 6.90. The SMILES string of the molecule is O=C(CN1CCN(CC=Cc2ccccc2)CC1)N(C1CCCC1)C1CCS(=O)(=O)C1. The molecule has 1 unspecified atom stereocenters. The van der Waals surface area contributed by atoms with Crippen molar-refractivity contribution in [3.8, 4) is 0 Å². The van der Waals surface area contributed by atoms with E-state index in [1.165, 1.54) is 5.56 Å². The molecule has 0 N–H and O–H groups in total. The van der Waals surface area contributed by atoms with E-state index < -0.39 is 9.84 Å². The minimum atomic E-state index is -2.99. The maximum Gasteiger partial charge on any atom is 0.237 e. The van der Waals surface area contributed by atoms with Crippen molar-refractivity contribution >= 4 is 21.8 Å². The standard InChI is InChI=1S/C24H35N3O3S/c28-24(27(22-10-4-5-11-22)23-12-18-31(29,30)20-23)19-26-16-14-25(15-17-26)13-6-9-21-7-2-1-3-8-21/h1-3,6-9,22-23H,4-5,10-20H2. The first-order chi connectivity index (χ1) is 15.0. The molecular formula is C24H35N3O3S. The summed E-state index contributed by atoms with van der Waals surface area (Å²) in [6.45, 7) is 5.01. The predicted octanol–water partition coefficient (Wildman–Crippen LogP) is 2.28. The van der Waals surface area contributed by atoms with Gasteiger partial charge in [0.1, 0.15) is 0 Å². The van der Waals surface area contributed by atoms with Crippen molar-refractivity contribution < 1.29 is 13.2 Å². The van der Waals surface area contributed by atoms with E-state index in [2.05, 4.69) is 34.1 Å². The van der Waals surface area contributed by atoms with Gasteiger partial charge in [-0.15, -0.1) is 0 Å². The van der Waals surface area contributed by atoms with Crippen LogP contribution in [0.4, 0.5) is 0 Å². The lowest BCUT2D eigenvalue weighted by Gasteiger charge is -2.38. The second kappa shape index (κ2) is 10.3. The normalized spacial score (nSPS) is 25.4. The van der Waals surface area contributed by atoms with E-state index in [0.717, 1.165) is 58.4 Å².